The van der Waals surface area contributed by atoms with Gasteiger partial charge < -0.3 is 5.11 Å². The number of aliphatic hydroxyl groups is 1. The molecule has 0 unspecified atom stereocenters. The summed E-state index contributed by atoms with van der Waals surface area (Å²) in [7, 11) is 0. The molecule has 1 aliphatic rings. The van der Waals surface area contributed by atoms with Crippen LogP contribution in [0.4, 0.5) is 4.39 Å². The van der Waals surface area contributed by atoms with Crippen LogP contribution in [0, 0.1) is 5.82 Å². The maximum Gasteiger partial charge on any atom is 0.123 e. The molecule has 1 aromatic rings. The van der Waals surface area contributed by atoms with Gasteiger partial charge in [-0.15, -0.1) is 0 Å². The van der Waals surface area contributed by atoms with Crippen LogP contribution >= 0.6 is 0 Å². The predicted molar refractivity (Wildman–Crippen MR) is 103 cm³/mol. The Morgan fingerprint density at radius 1 is 1.08 bits per heavy atom. The topological polar surface area (TPSA) is 23.5 Å². The molecule has 1 aliphatic heterocycles. The normalized spacial score (nSPS) is 16.1. The van der Waals surface area contributed by atoms with E-state index >= 15 is 0 Å². The summed E-state index contributed by atoms with van der Waals surface area (Å²) in [6.07, 6.45) is 2.43. The minimum absolute atomic E-state index is 0. The van der Waals surface area contributed by atoms with E-state index in [-0.39, 0.29) is 60.8 Å². The number of hydrogen-bond donors (Lipinski definition) is 1. The molecule has 1 aromatic carbocycles. The van der Waals surface area contributed by atoms with Gasteiger partial charge in [0.05, 0.1) is 6.61 Å². The Balaban J connectivity index is -0.000000143. The first-order valence-electron chi connectivity index (χ1n) is 7.57. The monoisotopic (exact) mass is 418 g/mol. The molecule has 0 spiro atoms. The first-order chi connectivity index (χ1) is 9.45. The van der Waals surface area contributed by atoms with E-state index in [2.05, 4.69) is 32.6 Å². The van der Waals surface area contributed by atoms with Gasteiger partial charge in [0, 0.05) is 44.8 Å². The molecule has 1 N–H and O–H groups in total. The van der Waals surface area contributed by atoms with Crippen LogP contribution in [0.25, 0.3) is 0 Å². The van der Waals surface area contributed by atoms with Crippen molar-refractivity contribution in [1.82, 2.24) is 4.90 Å². The SMILES string of the molecule is C.C.C.CC(C)N1CCC[C@@H]1CO.CC(C)c1ccc(F)cc1.[Y]. The second kappa shape index (κ2) is 16.6. The maximum absolute atomic E-state index is 12.4. The summed E-state index contributed by atoms with van der Waals surface area (Å²) >= 11 is 0. The number of hydrogen-bond acceptors (Lipinski definition) is 2. The van der Waals surface area contributed by atoms with Crippen LogP contribution in [0.1, 0.15) is 74.3 Å². The Kier molecular flexibility index (Phi) is 22.1. The molecule has 1 saturated heterocycles. The van der Waals surface area contributed by atoms with Crippen LogP contribution in [0.15, 0.2) is 24.3 Å². The molecule has 0 aromatic heterocycles. The Labute approximate surface area is 176 Å². The van der Waals surface area contributed by atoms with E-state index in [0.29, 0.717) is 24.6 Å². The van der Waals surface area contributed by atoms with Gasteiger partial charge in [-0.3, -0.25) is 4.90 Å². The summed E-state index contributed by atoms with van der Waals surface area (Å²) in [6, 6.07) is 7.67. The van der Waals surface area contributed by atoms with Crippen molar-refractivity contribution in [3.8, 4) is 0 Å². The smallest absolute Gasteiger partial charge is 0.123 e. The van der Waals surface area contributed by atoms with Gasteiger partial charge in [0.15, 0.2) is 0 Å². The molecule has 24 heavy (non-hydrogen) atoms. The molecule has 0 amide bonds. The molecule has 2 nitrogen and oxygen atoms in total. The third-order valence-corrected chi connectivity index (χ3v) is 3.83. The maximum atomic E-state index is 12.4. The molecule has 1 atom stereocenters. The summed E-state index contributed by atoms with van der Waals surface area (Å²) in [6.45, 7) is 10.1. The molecule has 4 heteroatoms. The van der Waals surface area contributed by atoms with Crippen molar-refractivity contribution >= 4 is 0 Å². The van der Waals surface area contributed by atoms with E-state index < -0.39 is 0 Å². The number of benzene rings is 1. The van der Waals surface area contributed by atoms with Crippen LogP contribution < -0.4 is 0 Å². The fraction of sp³-hybridized carbons (Fsp3) is 0.700. The average molecular weight is 418 g/mol. The largest absolute Gasteiger partial charge is 0.395 e. The second-order valence-electron chi connectivity index (χ2n) is 6.02. The number of nitrogens with zero attached hydrogens (tertiary/aromatic N) is 1. The summed E-state index contributed by atoms with van der Waals surface area (Å²) in [5.41, 5.74) is 1.18. The van der Waals surface area contributed by atoms with Crippen molar-refractivity contribution in [1.29, 1.82) is 0 Å². The molecule has 0 bridgehead atoms. The number of aliphatic hydroxyl groups excluding tert-OH is 1. The molecular weight excluding hydrogens is 378 g/mol. The summed E-state index contributed by atoms with van der Waals surface area (Å²) < 4.78 is 12.4. The van der Waals surface area contributed by atoms with Gasteiger partial charge in [-0.1, -0.05) is 48.3 Å². The molecule has 0 aliphatic carbocycles. The van der Waals surface area contributed by atoms with Gasteiger partial charge in [0.2, 0.25) is 0 Å². The van der Waals surface area contributed by atoms with E-state index in [9.17, 15) is 4.39 Å². The van der Waals surface area contributed by atoms with Crippen molar-refractivity contribution in [2.45, 2.75) is 80.8 Å². The van der Waals surface area contributed by atoms with Gasteiger partial charge in [0.25, 0.3) is 0 Å². The fourth-order valence-corrected chi connectivity index (χ4v) is 2.58. The van der Waals surface area contributed by atoms with E-state index in [1.165, 1.54) is 37.1 Å². The van der Waals surface area contributed by atoms with E-state index in [4.69, 9.17) is 5.11 Å². The van der Waals surface area contributed by atoms with Gasteiger partial charge in [-0.25, -0.2) is 4.39 Å². The standard InChI is InChI=1S/C9H11F.C8H17NO.3CH4.Y/c1-7(2)8-3-5-9(10)6-4-8;1-7(2)9-5-3-4-8(9)6-10;;;;/h3-7H,1-2H3;7-8,10H,3-6H2,1-2H3;3*1H4;/t;8-;;;;/m.1..../s1. The van der Waals surface area contributed by atoms with Crippen molar-refractivity contribution < 1.29 is 42.2 Å². The average Bonchev–Trinajstić information content (AvgIpc) is 2.88. The van der Waals surface area contributed by atoms with E-state index in [0.717, 1.165) is 0 Å². The Bertz CT molecular complexity index is 382. The van der Waals surface area contributed by atoms with Gasteiger partial charge in [-0.2, -0.15) is 0 Å². The first-order valence-corrected chi connectivity index (χ1v) is 7.57. The van der Waals surface area contributed by atoms with Crippen LogP contribution in [0.5, 0.6) is 0 Å². The van der Waals surface area contributed by atoms with E-state index in [1.54, 1.807) is 0 Å². The number of likely N-dealkylation sites (tertiary alicyclic amines) is 1. The molecule has 0 saturated carbocycles. The minimum Gasteiger partial charge on any atom is -0.395 e. The zero-order chi connectivity index (χ0) is 15.1. The summed E-state index contributed by atoms with van der Waals surface area (Å²) in [5, 5.41) is 8.94. The molecule has 141 valence electrons. The van der Waals surface area contributed by atoms with Crippen LogP contribution in [-0.2, 0) is 32.7 Å². The zero-order valence-corrected chi connectivity index (χ0v) is 16.6. The summed E-state index contributed by atoms with van der Waals surface area (Å²) in [5.74, 6) is 0.324. The minimum atomic E-state index is -0.163. The van der Waals surface area contributed by atoms with Crippen molar-refractivity contribution in [2.24, 2.45) is 0 Å². The molecule has 2 rings (SSSR count). The van der Waals surface area contributed by atoms with Gasteiger partial charge in [0.1, 0.15) is 5.82 Å². The predicted octanol–water partition coefficient (Wildman–Crippen LogP) is 5.71. The van der Waals surface area contributed by atoms with Crippen LogP contribution in [-0.4, -0.2) is 35.2 Å². The molecular formula is C20H40FNOY. The van der Waals surface area contributed by atoms with Crippen LogP contribution in [0.2, 0.25) is 0 Å². The van der Waals surface area contributed by atoms with E-state index in [1.807, 2.05) is 12.1 Å². The third kappa shape index (κ3) is 10.9. The third-order valence-electron chi connectivity index (χ3n) is 3.83. The van der Waals surface area contributed by atoms with Gasteiger partial charge >= 0.3 is 0 Å². The van der Waals surface area contributed by atoms with Gasteiger partial charge in [-0.05, 0) is 56.8 Å². The zero-order valence-electron chi connectivity index (χ0n) is 13.7. The Morgan fingerprint density at radius 3 is 1.92 bits per heavy atom. The molecule has 1 heterocycles. The van der Waals surface area contributed by atoms with Crippen molar-refractivity contribution in [3.05, 3.63) is 35.6 Å². The molecule has 1 radical (unpaired) electrons. The first kappa shape index (κ1) is 31.9. The quantitative estimate of drug-likeness (QED) is 0.680. The second-order valence-corrected chi connectivity index (χ2v) is 6.02. The van der Waals surface area contributed by atoms with Crippen molar-refractivity contribution in [2.75, 3.05) is 13.2 Å². The number of rotatable bonds is 3. The Hall–Kier alpha value is 0.174. The summed E-state index contributed by atoms with van der Waals surface area (Å²) in [4.78, 5) is 2.38. The number of halogens is 1. The fourth-order valence-electron chi connectivity index (χ4n) is 2.58. The van der Waals surface area contributed by atoms with Crippen LogP contribution in [0.3, 0.4) is 0 Å². The Morgan fingerprint density at radius 2 is 1.58 bits per heavy atom. The van der Waals surface area contributed by atoms with Crippen molar-refractivity contribution in [3.63, 3.8) is 0 Å². The molecule has 1 fully saturated rings.